The van der Waals surface area contributed by atoms with E-state index in [2.05, 4.69) is 15.2 Å². The highest BCUT2D eigenvalue weighted by atomic mass is 35.5. The van der Waals surface area contributed by atoms with E-state index in [1.54, 1.807) is 19.2 Å². The van der Waals surface area contributed by atoms with Gasteiger partial charge in [-0.15, -0.1) is 10.2 Å². The Morgan fingerprint density at radius 2 is 1.71 bits per heavy atom. The van der Waals surface area contributed by atoms with Gasteiger partial charge in [-0.1, -0.05) is 11.6 Å². The number of aromatic nitrogens is 4. The number of imidazole rings is 1. The van der Waals surface area contributed by atoms with Crippen molar-refractivity contribution < 1.29 is 13.2 Å². The molecule has 0 aliphatic carbocycles. The van der Waals surface area contributed by atoms with Crippen LogP contribution >= 0.6 is 11.6 Å². The van der Waals surface area contributed by atoms with Gasteiger partial charge in [-0.3, -0.25) is 4.57 Å². The SMILES string of the molecule is COc1cc(C)c(S(=O)(=O)N2CCN(c3ccc(-n4ccnc4C)nn3)CC2)cc1Cl. The molecule has 1 fully saturated rings. The highest BCUT2D eigenvalue weighted by Gasteiger charge is 2.31. The molecule has 0 spiro atoms. The summed E-state index contributed by atoms with van der Waals surface area (Å²) in [5, 5.41) is 8.87. The van der Waals surface area contributed by atoms with Crippen LogP contribution in [0.5, 0.6) is 5.75 Å². The largest absolute Gasteiger partial charge is 0.495 e. The van der Waals surface area contributed by atoms with Crippen molar-refractivity contribution >= 4 is 27.4 Å². The van der Waals surface area contributed by atoms with Crippen molar-refractivity contribution in [3.63, 3.8) is 0 Å². The van der Waals surface area contributed by atoms with Crippen molar-refractivity contribution in [2.45, 2.75) is 18.7 Å². The number of anilines is 1. The Hall–Kier alpha value is -2.69. The summed E-state index contributed by atoms with van der Waals surface area (Å²) in [5.74, 6) is 2.68. The number of nitrogens with zero attached hydrogens (tertiary/aromatic N) is 6. The lowest BCUT2D eigenvalue weighted by molar-refractivity contribution is 0.383. The van der Waals surface area contributed by atoms with Crippen molar-refractivity contribution in [2.24, 2.45) is 0 Å². The average molecular weight is 463 g/mol. The normalized spacial score (nSPS) is 15.3. The molecule has 11 heteroatoms. The smallest absolute Gasteiger partial charge is 0.243 e. The van der Waals surface area contributed by atoms with Gasteiger partial charge in [0.2, 0.25) is 10.0 Å². The van der Waals surface area contributed by atoms with Crippen LogP contribution in [0.3, 0.4) is 0 Å². The van der Waals surface area contributed by atoms with Crippen LogP contribution in [0.4, 0.5) is 5.82 Å². The number of halogens is 1. The summed E-state index contributed by atoms with van der Waals surface area (Å²) in [5.41, 5.74) is 0.597. The van der Waals surface area contributed by atoms with Crippen LogP contribution in [0.25, 0.3) is 5.82 Å². The number of aryl methyl sites for hydroxylation is 2. The van der Waals surface area contributed by atoms with Crippen LogP contribution in [0.1, 0.15) is 11.4 Å². The average Bonchev–Trinajstić information content (AvgIpc) is 3.21. The van der Waals surface area contributed by atoms with E-state index in [1.807, 2.05) is 34.7 Å². The van der Waals surface area contributed by atoms with E-state index in [0.29, 0.717) is 49.1 Å². The summed E-state index contributed by atoms with van der Waals surface area (Å²) < 4.78 is 34.9. The number of methoxy groups -OCH3 is 1. The Bertz CT molecular complexity index is 1190. The van der Waals surface area contributed by atoms with Gasteiger partial charge in [-0.05, 0) is 43.7 Å². The summed E-state index contributed by atoms with van der Waals surface area (Å²) in [6, 6.07) is 6.87. The number of sulfonamides is 1. The number of ether oxygens (including phenoxy) is 1. The minimum absolute atomic E-state index is 0.201. The molecule has 1 aromatic carbocycles. The molecule has 1 saturated heterocycles. The summed E-state index contributed by atoms with van der Waals surface area (Å²) in [6.07, 6.45) is 3.54. The molecule has 3 aromatic rings. The van der Waals surface area contributed by atoms with E-state index in [9.17, 15) is 8.42 Å². The molecule has 2 aromatic heterocycles. The second kappa shape index (κ2) is 8.45. The van der Waals surface area contributed by atoms with Crippen LogP contribution in [0, 0.1) is 13.8 Å². The van der Waals surface area contributed by atoms with Gasteiger partial charge in [0.25, 0.3) is 0 Å². The third-order valence-corrected chi connectivity index (χ3v) is 7.67. The first-order chi connectivity index (χ1) is 14.8. The third kappa shape index (κ3) is 4.10. The standard InChI is InChI=1S/C20H23ClN6O3S/c1-14-12-17(30-3)16(21)13-18(14)31(28,29)26-10-8-25(9-11-26)19-4-5-20(24-23-19)27-7-6-22-15(27)2/h4-7,12-13H,8-11H2,1-3H3. The Morgan fingerprint density at radius 1 is 1.03 bits per heavy atom. The Morgan fingerprint density at radius 3 is 2.29 bits per heavy atom. The molecule has 9 nitrogen and oxygen atoms in total. The summed E-state index contributed by atoms with van der Waals surface area (Å²) in [4.78, 5) is 6.42. The van der Waals surface area contributed by atoms with E-state index in [1.165, 1.54) is 17.5 Å². The Kier molecular flexibility index (Phi) is 5.87. The van der Waals surface area contributed by atoms with Crippen LogP contribution in [0.2, 0.25) is 5.02 Å². The highest BCUT2D eigenvalue weighted by molar-refractivity contribution is 7.89. The van der Waals surface area contributed by atoms with Gasteiger partial charge in [0.15, 0.2) is 11.6 Å². The van der Waals surface area contributed by atoms with Crippen LogP contribution in [-0.4, -0.2) is 65.8 Å². The maximum absolute atomic E-state index is 13.2. The topological polar surface area (TPSA) is 93.5 Å². The molecule has 3 heterocycles. The number of hydrogen-bond donors (Lipinski definition) is 0. The first kappa shape index (κ1) is 21.5. The molecule has 0 N–H and O–H groups in total. The fourth-order valence-corrected chi connectivity index (χ4v) is 5.56. The van der Waals surface area contributed by atoms with E-state index < -0.39 is 10.0 Å². The third-order valence-electron chi connectivity index (χ3n) is 5.34. The second-order valence-corrected chi connectivity index (χ2v) is 9.55. The fourth-order valence-electron chi connectivity index (χ4n) is 3.60. The molecule has 1 aliphatic rings. The molecule has 0 unspecified atom stereocenters. The molecule has 31 heavy (non-hydrogen) atoms. The maximum Gasteiger partial charge on any atom is 0.243 e. The van der Waals surface area contributed by atoms with Crippen molar-refractivity contribution in [1.29, 1.82) is 0 Å². The Labute approximate surface area is 186 Å². The first-order valence-electron chi connectivity index (χ1n) is 9.74. The summed E-state index contributed by atoms with van der Waals surface area (Å²) in [6.45, 7) is 5.35. The molecular formula is C20H23ClN6O3S. The molecule has 0 radical (unpaired) electrons. The van der Waals surface area contributed by atoms with Gasteiger partial charge >= 0.3 is 0 Å². The van der Waals surface area contributed by atoms with Gasteiger partial charge in [-0.25, -0.2) is 13.4 Å². The van der Waals surface area contributed by atoms with Crippen molar-refractivity contribution in [3.05, 3.63) is 53.1 Å². The number of benzene rings is 1. The van der Waals surface area contributed by atoms with E-state index in [-0.39, 0.29) is 9.92 Å². The predicted molar refractivity (Wildman–Crippen MR) is 118 cm³/mol. The van der Waals surface area contributed by atoms with Gasteiger partial charge in [0.1, 0.15) is 11.6 Å². The summed E-state index contributed by atoms with van der Waals surface area (Å²) in [7, 11) is -2.17. The molecule has 0 saturated carbocycles. The molecule has 0 atom stereocenters. The van der Waals surface area contributed by atoms with Crippen LogP contribution in [0.15, 0.2) is 41.6 Å². The lowest BCUT2D eigenvalue weighted by atomic mass is 10.2. The quantitative estimate of drug-likeness (QED) is 0.574. The number of piperazine rings is 1. The molecular weight excluding hydrogens is 440 g/mol. The zero-order valence-electron chi connectivity index (χ0n) is 17.5. The maximum atomic E-state index is 13.2. The van der Waals surface area contributed by atoms with Gasteiger partial charge in [-0.2, -0.15) is 4.31 Å². The molecule has 0 bridgehead atoms. The van der Waals surface area contributed by atoms with E-state index >= 15 is 0 Å². The second-order valence-electron chi connectivity index (χ2n) is 7.24. The predicted octanol–water partition coefficient (Wildman–Crippen LogP) is 2.45. The highest BCUT2D eigenvalue weighted by Crippen LogP contribution is 2.32. The van der Waals surface area contributed by atoms with Gasteiger partial charge < -0.3 is 9.64 Å². The minimum atomic E-state index is -3.67. The van der Waals surface area contributed by atoms with Crippen molar-refractivity contribution in [1.82, 2.24) is 24.1 Å². The van der Waals surface area contributed by atoms with Gasteiger partial charge in [0.05, 0.1) is 17.0 Å². The van der Waals surface area contributed by atoms with Crippen molar-refractivity contribution in [2.75, 3.05) is 38.2 Å². The molecule has 4 rings (SSSR count). The fraction of sp³-hybridized carbons (Fsp3) is 0.350. The zero-order valence-corrected chi connectivity index (χ0v) is 19.1. The molecule has 1 aliphatic heterocycles. The van der Waals surface area contributed by atoms with E-state index in [0.717, 1.165) is 5.82 Å². The van der Waals surface area contributed by atoms with Crippen molar-refractivity contribution in [3.8, 4) is 11.6 Å². The molecule has 0 amide bonds. The number of rotatable bonds is 5. The lowest BCUT2D eigenvalue weighted by Crippen LogP contribution is -2.49. The number of hydrogen-bond acceptors (Lipinski definition) is 7. The minimum Gasteiger partial charge on any atom is -0.495 e. The van der Waals surface area contributed by atoms with Gasteiger partial charge in [0, 0.05) is 38.6 Å². The lowest BCUT2D eigenvalue weighted by Gasteiger charge is -2.34. The van der Waals surface area contributed by atoms with Crippen LogP contribution < -0.4 is 9.64 Å². The Balaban J connectivity index is 1.47. The van der Waals surface area contributed by atoms with Crippen LogP contribution in [-0.2, 0) is 10.0 Å². The van der Waals surface area contributed by atoms with E-state index in [4.69, 9.17) is 16.3 Å². The molecule has 164 valence electrons. The summed E-state index contributed by atoms with van der Waals surface area (Å²) >= 11 is 6.17. The first-order valence-corrected chi connectivity index (χ1v) is 11.6. The monoisotopic (exact) mass is 462 g/mol. The zero-order chi connectivity index (χ0) is 22.2.